The summed E-state index contributed by atoms with van der Waals surface area (Å²) in [6.45, 7) is 0.117. The van der Waals surface area contributed by atoms with E-state index in [2.05, 4.69) is 0 Å². The average molecular weight is 204 g/mol. The predicted octanol–water partition coefficient (Wildman–Crippen LogP) is 1.34. The molecule has 1 unspecified atom stereocenters. The highest BCUT2D eigenvalue weighted by Crippen LogP contribution is 2.18. The summed E-state index contributed by atoms with van der Waals surface area (Å²) < 4.78 is 13.2. The summed E-state index contributed by atoms with van der Waals surface area (Å²) in [5, 5.41) is 9.26. The summed E-state index contributed by atoms with van der Waals surface area (Å²) in [6.07, 6.45) is -0.518. The number of hydrogen-bond donors (Lipinski definition) is 2. The Morgan fingerprint density at radius 1 is 1.54 bits per heavy atom. The molecule has 0 saturated carbocycles. The van der Waals surface area contributed by atoms with E-state index in [4.69, 9.17) is 17.3 Å². The van der Waals surface area contributed by atoms with E-state index in [0.717, 1.165) is 0 Å². The van der Waals surface area contributed by atoms with Crippen molar-refractivity contribution in [3.05, 3.63) is 34.6 Å². The molecule has 0 radical (unpaired) electrons. The van der Waals surface area contributed by atoms with Gasteiger partial charge in [-0.1, -0.05) is 23.7 Å². The highest BCUT2D eigenvalue weighted by atomic mass is 35.5. The van der Waals surface area contributed by atoms with Crippen molar-refractivity contribution in [2.75, 3.05) is 6.54 Å². The molecule has 0 bridgehead atoms. The fraction of sp³-hybridized carbons (Fsp3) is 0.333. The van der Waals surface area contributed by atoms with Crippen molar-refractivity contribution in [2.24, 2.45) is 5.73 Å². The molecule has 0 heterocycles. The fourth-order valence-corrected chi connectivity index (χ4v) is 1.24. The zero-order valence-corrected chi connectivity index (χ0v) is 7.76. The minimum absolute atomic E-state index is 0.0710. The van der Waals surface area contributed by atoms with Gasteiger partial charge in [-0.05, 0) is 11.6 Å². The van der Waals surface area contributed by atoms with E-state index in [1.807, 2.05) is 0 Å². The third-order valence-corrected chi connectivity index (χ3v) is 2.05. The lowest BCUT2D eigenvalue weighted by molar-refractivity contribution is 0.182. The normalized spacial score (nSPS) is 12.9. The van der Waals surface area contributed by atoms with Gasteiger partial charge in [0.1, 0.15) is 5.82 Å². The first-order chi connectivity index (χ1) is 6.15. The van der Waals surface area contributed by atoms with E-state index in [1.165, 1.54) is 6.07 Å². The molecule has 0 aliphatic rings. The van der Waals surface area contributed by atoms with Gasteiger partial charge in [0.25, 0.3) is 0 Å². The van der Waals surface area contributed by atoms with Crippen LogP contribution in [0.2, 0.25) is 5.02 Å². The zero-order valence-electron chi connectivity index (χ0n) is 7.00. The maximum absolute atomic E-state index is 13.2. The number of aliphatic hydroxyl groups is 1. The lowest BCUT2D eigenvalue weighted by Crippen LogP contribution is -2.22. The minimum Gasteiger partial charge on any atom is -0.391 e. The highest BCUT2D eigenvalue weighted by Gasteiger charge is 2.09. The predicted molar refractivity (Wildman–Crippen MR) is 50.2 cm³/mol. The van der Waals surface area contributed by atoms with Crippen LogP contribution in [0.25, 0.3) is 0 Å². The van der Waals surface area contributed by atoms with Gasteiger partial charge >= 0.3 is 0 Å². The largest absolute Gasteiger partial charge is 0.391 e. The van der Waals surface area contributed by atoms with Crippen LogP contribution >= 0.6 is 11.6 Å². The first-order valence-electron chi connectivity index (χ1n) is 3.96. The first kappa shape index (κ1) is 10.4. The van der Waals surface area contributed by atoms with Crippen molar-refractivity contribution in [1.82, 2.24) is 0 Å². The van der Waals surface area contributed by atoms with Gasteiger partial charge in [-0.15, -0.1) is 0 Å². The molecule has 0 saturated heterocycles. The average Bonchev–Trinajstić information content (AvgIpc) is 2.13. The van der Waals surface area contributed by atoms with Crippen molar-refractivity contribution in [3.8, 4) is 0 Å². The van der Waals surface area contributed by atoms with Gasteiger partial charge < -0.3 is 10.8 Å². The Morgan fingerprint density at radius 2 is 2.23 bits per heavy atom. The Balaban J connectivity index is 2.83. The maximum atomic E-state index is 13.2. The van der Waals surface area contributed by atoms with Crippen LogP contribution in [0, 0.1) is 5.82 Å². The lowest BCUT2D eigenvalue weighted by atomic mass is 10.1. The van der Waals surface area contributed by atoms with Crippen LogP contribution in [0.3, 0.4) is 0 Å². The molecule has 1 rings (SSSR count). The molecule has 2 nitrogen and oxygen atoms in total. The summed E-state index contributed by atoms with van der Waals surface area (Å²) in [6, 6.07) is 4.69. The summed E-state index contributed by atoms with van der Waals surface area (Å²) in [5.74, 6) is -0.475. The Morgan fingerprint density at radius 3 is 2.85 bits per heavy atom. The molecule has 0 aliphatic heterocycles. The van der Waals surface area contributed by atoms with Gasteiger partial charge in [0.2, 0.25) is 0 Å². The second kappa shape index (κ2) is 4.56. The summed E-state index contributed by atoms with van der Waals surface area (Å²) in [4.78, 5) is 0. The monoisotopic (exact) mass is 203 g/mol. The molecular weight excluding hydrogens is 193 g/mol. The lowest BCUT2D eigenvalue weighted by Gasteiger charge is -2.08. The topological polar surface area (TPSA) is 46.2 Å². The number of hydrogen-bond acceptors (Lipinski definition) is 2. The molecule has 4 heteroatoms. The van der Waals surface area contributed by atoms with Gasteiger partial charge in [0, 0.05) is 13.0 Å². The number of nitrogens with two attached hydrogens (primary N) is 1. The van der Waals surface area contributed by atoms with Gasteiger partial charge in [-0.3, -0.25) is 0 Å². The van der Waals surface area contributed by atoms with Gasteiger partial charge in [-0.25, -0.2) is 4.39 Å². The van der Waals surface area contributed by atoms with Crippen molar-refractivity contribution in [2.45, 2.75) is 12.5 Å². The van der Waals surface area contributed by atoms with Crippen molar-refractivity contribution < 1.29 is 9.50 Å². The molecule has 0 amide bonds. The Bertz CT molecular complexity index is 293. The molecule has 0 aliphatic carbocycles. The summed E-state index contributed by atoms with van der Waals surface area (Å²) >= 11 is 5.55. The second-order valence-corrected chi connectivity index (χ2v) is 3.21. The maximum Gasteiger partial charge on any atom is 0.145 e. The number of rotatable bonds is 3. The van der Waals surface area contributed by atoms with Crippen molar-refractivity contribution in [1.29, 1.82) is 0 Å². The Labute approximate surface area is 81.1 Å². The molecule has 0 fully saturated rings. The molecule has 72 valence electrons. The first-order valence-corrected chi connectivity index (χ1v) is 4.34. The quantitative estimate of drug-likeness (QED) is 0.779. The third kappa shape index (κ3) is 2.66. The van der Waals surface area contributed by atoms with Gasteiger partial charge in [0.05, 0.1) is 11.1 Å². The minimum atomic E-state index is -0.715. The van der Waals surface area contributed by atoms with Crippen LogP contribution in [-0.2, 0) is 6.42 Å². The van der Waals surface area contributed by atoms with Crippen LogP contribution < -0.4 is 5.73 Å². The number of benzene rings is 1. The number of aliphatic hydroxyl groups excluding tert-OH is 1. The van der Waals surface area contributed by atoms with Gasteiger partial charge in [-0.2, -0.15) is 0 Å². The molecule has 1 atom stereocenters. The van der Waals surface area contributed by atoms with E-state index in [-0.39, 0.29) is 18.0 Å². The van der Waals surface area contributed by atoms with Crippen LogP contribution in [0.5, 0.6) is 0 Å². The van der Waals surface area contributed by atoms with E-state index >= 15 is 0 Å². The van der Waals surface area contributed by atoms with E-state index < -0.39 is 11.9 Å². The van der Waals surface area contributed by atoms with E-state index in [9.17, 15) is 9.50 Å². The summed E-state index contributed by atoms with van der Waals surface area (Å²) in [5.41, 5.74) is 5.60. The van der Waals surface area contributed by atoms with Crippen LogP contribution in [0.4, 0.5) is 4.39 Å². The standard InChI is InChI=1S/C9H11ClFNO/c10-8-3-1-2-6(9(8)11)4-7(13)5-12/h1-3,7,13H,4-5,12H2. The van der Waals surface area contributed by atoms with Gasteiger partial charge in [0.15, 0.2) is 0 Å². The van der Waals surface area contributed by atoms with E-state index in [0.29, 0.717) is 5.56 Å². The molecular formula is C9H11ClFNO. The highest BCUT2D eigenvalue weighted by molar-refractivity contribution is 6.30. The van der Waals surface area contributed by atoms with Crippen LogP contribution in [0.15, 0.2) is 18.2 Å². The molecule has 0 aromatic heterocycles. The van der Waals surface area contributed by atoms with Crippen molar-refractivity contribution >= 4 is 11.6 Å². The SMILES string of the molecule is NCC(O)Cc1cccc(Cl)c1F. The third-order valence-electron chi connectivity index (χ3n) is 1.76. The Hall–Kier alpha value is -0.640. The van der Waals surface area contributed by atoms with Crippen LogP contribution in [0.1, 0.15) is 5.56 Å². The van der Waals surface area contributed by atoms with Crippen molar-refractivity contribution in [3.63, 3.8) is 0 Å². The Kier molecular flexibility index (Phi) is 3.66. The molecule has 13 heavy (non-hydrogen) atoms. The smallest absolute Gasteiger partial charge is 0.145 e. The fourth-order valence-electron chi connectivity index (χ4n) is 1.04. The zero-order chi connectivity index (χ0) is 9.84. The van der Waals surface area contributed by atoms with E-state index in [1.54, 1.807) is 12.1 Å². The summed E-state index contributed by atoms with van der Waals surface area (Å²) in [7, 11) is 0. The molecule has 1 aromatic rings. The molecule has 3 N–H and O–H groups in total. The molecule has 1 aromatic carbocycles. The number of halogens is 2. The van der Waals surface area contributed by atoms with Crippen LogP contribution in [-0.4, -0.2) is 17.8 Å². The molecule has 0 spiro atoms. The second-order valence-electron chi connectivity index (χ2n) is 2.81.